The Kier molecular flexibility index (Phi) is 2.81. The van der Waals surface area contributed by atoms with E-state index in [1.807, 2.05) is 32.1 Å². The first kappa shape index (κ1) is 13.2. The van der Waals surface area contributed by atoms with Crippen molar-refractivity contribution in [2.75, 3.05) is 37.0 Å². The molecule has 112 valence electrons. The molecule has 2 atom stereocenters. The van der Waals surface area contributed by atoms with E-state index in [1.54, 1.807) is 0 Å². The zero-order valence-corrected chi connectivity index (χ0v) is 13.1. The van der Waals surface area contributed by atoms with Crippen LogP contribution in [-0.4, -0.2) is 53.9 Å². The maximum absolute atomic E-state index is 6.24. The van der Waals surface area contributed by atoms with Crippen LogP contribution in [-0.2, 0) is 11.8 Å². The van der Waals surface area contributed by atoms with Gasteiger partial charge >= 0.3 is 0 Å². The van der Waals surface area contributed by atoms with E-state index in [2.05, 4.69) is 14.5 Å². The number of aryl methyl sites for hydroxylation is 1. The van der Waals surface area contributed by atoms with E-state index >= 15 is 0 Å². The summed E-state index contributed by atoms with van der Waals surface area (Å²) in [6, 6.07) is 2.28. The van der Waals surface area contributed by atoms with Gasteiger partial charge in [0.05, 0.1) is 24.3 Å². The summed E-state index contributed by atoms with van der Waals surface area (Å²) in [7, 11) is 5.98. The maximum atomic E-state index is 6.24. The molecule has 4 heterocycles. The molecule has 6 nitrogen and oxygen atoms in total. The van der Waals surface area contributed by atoms with Gasteiger partial charge in [0.25, 0.3) is 0 Å². The van der Waals surface area contributed by atoms with Crippen molar-refractivity contribution in [3.63, 3.8) is 0 Å². The van der Waals surface area contributed by atoms with Crippen molar-refractivity contribution in [3.8, 4) is 0 Å². The highest BCUT2D eigenvalue weighted by Gasteiger charge is 2.40. The highest BCUT2D eigenvalue weighted by Crippen LogP contribution is 2.36. The number of ether oxygens (including phenoxy) is 1. The Bertz CT molecular complexity index is 713. The van der Waals surface area contributed by atoms with Crippen LogP contribution < -0.4 is 9.80 Å². The molecule has 2 aromatic heterocycles. The van der Waals surface area contributed by atoms with Crippen molar-refractivity contribution in [2.45, 2.75) is 18.6 Å². The smallest absolute Gasteiger partial charge is 0.205 e. The Hall–Kier alpha value is -1.53. The van der Waals surface area contributed by atoms with Gasteiger partial charge in [0.15, 0.2) is 5.82 Å². The van der Waals surface area contributed by atoms with Gasteiger partial charge in [0.1, 0.15) is 10.7 Å². The molecule has 0 amide bonds. The number of rotatable bonds is 2. The standard InChI is InChI=1S/C14H18ClN5O/c1-18(2)14-17-12-10(19(14)3)5-11(15)16-13(12)20-6-9-4-8(20)7-21-9/h5,8-9H,4,6-7H2,1-3H3/t8-,9-/m1/s1. The Labute approximate surface area is 128 Å². The molecular formula is C14H18ClN5O. The van der Waals surface area contributed by atoms with Crippen LogP contribution in [0.15, 0.2) is 6.07 Å². The Morgan fingerprint density at radius 1 is 1.38 bits per heavy atom. The quantitative estimate of drug-likeness (QED) is 0.790. The minimum atomic E-state index is 0.322. The lowest BCUT2D eigenvalue weighted by molar-refractivity contribution is 0.0990. The largest absolute Gasteiger partial charge is 0.374 e. The normalized spacial score (nSPS) is 24.3. The second kappa shape index (κ2) is 4.48. The van der Waals surface area contributed by atoms with Crippen molar-refractivity contribution in [3.05, 3.63) is 11.2 Å². The molecule has 0 aromatic carbocycles. The molecule has 0 unspecified atom stereocenters. The number of halogens is 1. The third-order valence-electron chi connectivity index (χ3n) is 4.37. The third-order valence-corrected chi connectivity index (χ3v) is 4.56. The monoisotopic (exact) mass is 307 g/mol. The van der Waals surface area contributed by atoms with Gasteiger partial charge < -0.3 is 19.1 Å². The average molecular weight is 308 g/mol. The van der Waals surface area contributed by atoms with Gasteiger partial charge in [-0.1, -0.05) is 11.6 Å². The molecule has 7 heteroatoms. The van der Waals surface area contributed by atoms with E-state index in [9.17, 15) is 0 Å². The van der Waals surface area contributed by atoms with Gasteiger partial charge in [-0.15, -0.1) is 0 Å². The maximum Gasteiger partial charge on any atom is 0.205 e. The number of nitrogens with zero attached hydrogens (tertiary/aromatic N) is 5. The molecule has 2 aliphatic rings. The molecule has 21 heavy (non-hydrogen) atoms. The van der Waals surface area contributed by atoms with Crippen LogP contribution in [0.4, 0.5) is 11.8 Å². The minimum Gasteiger partial charge on any atom is -0.374 e. The number of fused-ring (bicyclic) bond motifs is 3. The molecule has 0 saturated carbocycles. The summed E-state index contributed by atoms with van der Waals surface area (Å²) in [4.78, 5) is 13.6. The molecule has 2 fully saturated rings. The molecule has 4 rings (SSSR count). The van der Waals surface area contributed by atoms with Crippen molar-refractivity contribution in [2.24, 2.45) is 7.05 Å². The van der Waals surface area contributed by atoms with Gasteiger partial charge in [-0.3, -0.25) is 0 Å². The van der Waals surface area contributed by atoms with Crippen LogP contribution in [0, 0.1) is 0 Å². The van der Waals surface area contributed by atoms with Crippen LogP contribution in [0.5, 0.6) is 0 Å². The van der Waals surface area contributed by atoms with Gasteiger partial charge in [-0.2, -0.15) is 0 Å². The van der Waals surface area contributed by atoms with Crippen molar-refractivity contribution in [1.29, 1.82) is 0 Å². The highest BCUT2D eigenvalue weighted by atomic mass is 35.5. The SMILES string of the molecule is CN(C)c1nc2c(N3C[C@H]4C[C@@H]3CO4)nc(Cl)cc2n1C. The second-order valence-electron chi connectivity index (χ2n) is 6.00. The van der Waals surface area contributed by atoms with E-state index in [1.165, 1.54) is 0 Å². The number of aromatic nitrogens is 3. The van der Waals surface area contributed by atoms with Crippen LogP contribution in [0.3, 0.4) is 0 Å². The van der Waals surface area contributed by atoms with Gasteiger partial charge in [0, 0.05) is 33.8 Å². The van der Waals surface area contributed by atoms with Gasteiger partial charge in [0.2, 0.25) is 5.95 Å². The number of anilines is 2. The van der Waals surface area contributed by atoms with Gasteiger partial charge in [-0.05, 0) is 6.42 Å². The molecule has 0 N–H and O–H groups in total. The first-order valence-corrected chi connectivity index (χ1v) is 7.51. The summed E-state index contributed by atoms with van der Waals surface area (Å²) in [6.45, 7) is 1.65. The first-order chi connectivity index (χ1) is 10.0. The fraction of sp³-hybridized carbons (Fsp3) is 0.571. The summed E-state index contributed by atoms with van der Waals surface area (Å²) in [5.74, 6) is 1.79. The predicted octanol–water partition coefficient (Wildman–Crippen LogP) is 1.67. The first-order valence-electron chi connectivity index (χ1n) is 7.13. The molecule has 0 aliphatic carbocycles. The number of hydrogen-bond acceptors (Lipinski definition) is 5. The molecule has 2 aromatic rings. The lowest BCUT2D eigenvalue weighted by Crippen LogP contribution is -2.37. The average Bonchev–Trinajstić information content (AvgIpc) is 3.13. The van der Waals surface area contributed by atoms with Crippen LogP contribution in [0.2, 0.25) is 5.15 Å². The molecular weight excluding hydrogens is 290 g/mol. The highest BCUT2D eigenvalue weighted by molar-refractivity contribution is 6.30. The zero-order valence-electron chi connectivity index (χ0n) is 12.4. The summed E-state index contributed by atoms with van der Waals surface area (Å²) >= 11 is 6.24. The Morgan fingerprint density at radius 2 is 2.19 bits per heavy atom. The number of imidazole rings is 1. The minimum absolute atomic E-state index is 0.322. The lowest BCUT2D eigenvalue weighted by atomic mass is 10.2. The Morgan fingerprint density at radius 3 is 2.81 bits per heavy atom. The van der Waals surface area contributed by atoms with Crippen molar-refractivity contribution < 1.29 is 4.74 Å². The van der Waals surface area contributed by atoms with E-state index in [0.29, 0.717) is 17.3 Å². The van der Waals surface area contributed by atoms with Crippen LogP contribution >= 0.6 is 11.6 Å². The van der Waals surface area contributed by atoms with Crippen molar-refractivity contribution >= 4 is 34.4 Å². The number of pyridine rings is 1. The molecule has 2 bridgehead atoms. The fourth-order valence-electron chi connectivity index (χ4n) is 3.39. The third kappa shape index (κ3) is 1.89. The molecule has 2 aliphatic heterocycles. The lowest BCUT2D eigenvalue weighted by Gasteiger charge is -2.28. The van der Waals surface area contributed by atoms with E-state index in [-0.39, 0.29) is 0 Å². The summed E-state index contributed by atoms with van der Waals surface area (Å²) in [6.07, 6.45) is 1.39. The number of hydrogen-bond donors (Lipinski definition) is 0. The van der Waals surface area contributed by atoms with E-state index in [4.69, 9.17) is 21.3 Å². The fourth-order valence-corrected chi connectivity index (χ4v) is 3.57. The van der Waals surface area contributed by atoms with E-state index < -0.39 is 0 Å². The summed E-state index contributed by atoms with van der Waals surface area (Å²) in [5.41, 5.74) is 1.93. The van der Waals surface area contributed by atoms with Crippen LogP contribution in [0.25, 0.3) is 11.0 Å². The summed E-state index contributed by atoms with van der Waals surface area (Å²) < 4.78 is 7.73. The number of morpholine rings is 1. The molecule has 2 saturated heterocycles. The molecule has 0 spiro atoms. The van der Waals surface area contributed by atoms with Crippen LogP contribution in [0.1, 0.15) is 6.42 Å². The zero-order chi connectivity index (χ0) is 14.7. The van der Waals surface area contributed by atoms with E-state index in [0.717, 1.165) is 42.4 Å². The topological polar surface area (TPSA) is 46.4 Å². The predicted molar refractivity (Wildman–Crippen MR) is 83.3 cm³/mol. The summed E-state index contributed by atoms with van der Waals surface area (Å²) in [5, 5.41) is 0.509. The van der Waals surface area contributed by atoms with Crippen molar-refractivity contribution in [1.82, 2.24) is 14.5 Å². The molecule has 0 radical (unpaired) electrons. The van der Waals surface area contributed by atoms with Gasteiger partial charge in [-0.25, -0.2) is 9.97 Å². The second-order valence-corrected chi connectivity index (χ2v) is 6.39. The Balaban J connectivity index is 1.90.